The van der Waals surface area contributed by atoms with Crippen molar-refractivity contribution < 1.29 is 0 Å². The van der Waals surface area contributed by atoms with Crippen LogP contribution in [0.4, 0.5) is 0 Å². The van der Waals surface area contributed by atoms with Gasteiger partial charge in [0.2, 0.25) is 0 Å². The van der Waals surface area contributed by atoms with Crippen molar-refractivity contribution in [3.63, 3.8) is 0 Å². The molecular weight excluding hydrogens is 122 g/mol. The van der Waals surface area contributed by atoms with Crippen molar-refractivity contribution in [1.29, 1.82) is 0 Å². The fraction of sp³-hybridized carbons (Fsp3) is 0.333. The molecule has 0 atom stereocenters. The quantitative estimate of drug-likeness (QED) is 0.418. The molecule has 0 heterocycles. The van der Waals surface area contributed by atoms with Gasteiger partial charge in [-0.05, 0) is 6.92 Å². The SMILES string of the molecule is C=CC.[RbH]. The minimum absolute atomic E-state index is 0. The molecular formula is C3H7Rb. The second kappa shape index (κ2) is 8.82. The van der Waals surface area contributed by atoms with Gasteiger partial charge in [-0.25, -0.2) is 0 Å². The van der Waals surface area contributed by atoms with E-state index in [1.165, 1.54) is 0 Å². The molecule has 0 bridgehead atoms. The summed E-state index contributed by atoms with van der Waals surface area (Å²) in [5.41, 5.74) is 0. The molecule has 4 heavy (non-hydrogen) atoms. The first-order valence-electron chi connectivity index (χ1n) is 0.986. The molecule has 20 valence electrons. The van der Waals surface area contributed by atoms with E-state index in [1.807, 2.05) is 6.92 Å². The molecule has 0 spiro atoms. The van der Waals surface area contributed by atoms with Gasteiger partial charge in [-0.3, -0.25) is 0 Å². The molecule has 1 heteroatoms. The molecule has 0 saturated heterocycles. The Balaban J connectivity index is 0. The third-order valence-electron chi connectivity index (χ3n) is 0. The van der Waals surface area contributed by atoms with Crippen LogP contribution in [0.1, 0.15) is 6.92 Å². The molecule has 0 rings (SSSR count). The van der Waals surface area contributed by atoms with E-state index >= 15 is 0 Å². The Kier molecular flexibility index (Phi) is 20.1. The van der Waals surface area contributed by atoms with Crippen molar-refractivity contribution >= 4 is 58.2 Å². The number of hydrogen-bond donors (Lipinski definition) is 0. The van der Waals surface area contributed by atoms with Gasteiger partial charge >= 0.3 is 58.2 Å². The van der Waals surface area contributed by atoms with Crippen LogP contribution in [-0.4, -0.2) is 58.2 Å². The van der Waals surface area contributed by atoms with Crippen LogP contribution in [0.3, 0.4) is 0 Å². The van der Waals surface area contributed by atoms with Crippen LogP contribution < -0.4 is 0 Å². The summed E-state index contributed by atoms with van der Waals surface area (Å²) in [5.74, 6) is 0. The monoisotopic (exact) mass is 128 g/mol. The van der Waals surface area contributed by atoms with Crippen molar-refractivity contribution in [2.75, 3.05) is 0 Å². The molecule has 0 aromatic carbocycles. The zero-order valence-electron chi connectivity index (χ0n) is 2.28. The normalized spacial score (nSPS) is 3.25. The Morgan fingerprint density at radius 3 is 1.75 bits per heavy atom. The van der Waals surface area contributed by atoms with Gasteiger partial charge in [0.05, 0.1) is 0 Å². The van der Waals surface area contributed by atoms with Crippen molar-refractivity contribution in [3.8, 4) is 0 Å². The molecule has 0 aromatic heterocycles. The van der Waals surface area contributed by atoms with Crippen LogP contribution in [0.25, 0.3) is 0 Å². The molecule has 0 radical (unpaired) electrons. The zero-order chi connectivity index (χ0) is 2.71. The van der Waals surface area contributed by atoms with E-state index in [9.17, 15) is 0 Å². The fourth-order valence-corrected chi connectivity index (χ4v) is 0. The van der Waals surface area contributed by atoms with Gasteiger partial charge in [0.1, 0.15) is 0 Å². The first kappa shape index (κ1) is 9.11. The molecule has 0 aliphatic rings. The summed E-state index contributed by atoms with van der Waals surface area (Å²) in [7, 11) is 0. The number of hydrogen-bond acceptors (Lipinski definition) is 0. The number of allylic oxidation sites excluding steroid dienone is 1. The zero-order valence-corrected chi connectivity index (χ0v) is 2.28. The topological polar surface area (TPSA) is 0 Å². The third-order valence-corrected chi connectivity index (χ3v) is 0. The van der Waals surface area contributed by atoms with Gasteiger partial charge in [-0.15, -0.1) is 6.58 Å². The van der Waals surface area contributed by atoms with E-state index < -0.39 is 0 Å². The summed E-state index contributed by atoms with van der Waals surface area (Å²) in [6, 6.07) is 0. The van der Waals surface area contributed by atoms with Crippen LogP contribution in [0.5, 0.6) is 0 Å². The van der Waals surface area contributed by atoms with Gasteiger partial charge in [-0.1, -0.05) is 6.08 Å². The Morgan fingerprint density at radius 2 is 1.75 bits per heavy atom. The maximum absolute atomic E-state index is 3.36. The maximum atomic E-state index is 3.36. The van der Waals surface area contributed by atoms with Crippen molar-refractivity contribution in [2.24, 2.45) is 0 Å². The summed E-state index contributed by atoms with van der Waals surface area (Å²) in [6.07, 6.45) is 1.75. The van der Waals surface area contributed by atoms with Crippen LogP contribution in [-0.2, 0) is 0 Å². The predicted molar refractivity (Wildman–Crippen MR) is 23.0 cm³/mol. The van der Waals surface area contributed by atoms with Gasteiger partial charge in [-0.2, -0.15) is 0 Å². The molecule has 0 amide bonds. The van der Waals surface area contributed by atoms with Crippen LogP contribution >= 0.6 is 0 Å². The van der Waals surface area contributed by atoms with E-state index in [4.69, 9.17) is 0 Å². The Morgan fingerprint density at radius 1 is 1.75 bits per heavy atom. The molecule has 0 nitrogen and oxygen atoms in total. The Labute approximate surface area is 76.1 Å². The molecule has 0 fully saturated rings. The molecule has 0 aromatic rings. The first-order valence-corrected chi connectivity index (χ1v) is 0.986. The van der Waals surface area contributed by atoms with Crippen LogP contribution in [0, 0.1) is 0 Å². The minimum atomic E-state index is 0. The second-order valence-electron chi connectivity index (χ2n) is 0.408. The standard InChI is InChI=1S/C3H6.Rb.H/c1-3-2;;/h3H,1H2,2H3;;. The van der Waals surface area contributed by atoms with E-state index in [-0.39, 0.29) is 58.2 Å². The summed E-state index contributed by atoms with van der Waals surface area (Å²) >= 11 is 0. The second-order valence-corrected chi connectivity index (χ2v) is 0.408. The average molecular weight is 129 g/mol. The Hall–Kier alpha value is 1.55. The van der Waals surface area contributed by atoms with Gasteiger partial charge in [0, 0.05) is 0 Å². The molecule has 0 saturated carbocycles. The fourth-order valence-electron chi connectivity index (χ4n) is 0. The summed E-state index contributed by atoms with van der Waals surface area (Å²) in [5, 5.41) is 0. The van der Waals surface area contributed by atoms with Crippen molar-refractivity contribution in [3.05, 3.63) is 12.7 Å². The van der Waals surface area contributed by atoms with E-state index in [2.05, 4.69) is 6.58 Å². The van der Waals surface area contributed by atoms with Crippen molar-refractivity contribution in [2.45, 2.75) is 6.92 Å². The summed E-state index contributed by atoms with van der Waals surface area (Å²) in [6.45, 7) is 5.25. The van der Waals surface area contributed by atoms with Crippen LogP contribution in [0.2, 0.25) is 0 Å². The number of rotatable bonds is 0. The van der Waals surface area contributed by atoms with E-state index in [0.717, 1.165) is 0 Å². The van der Waals surface area contributed by atoms with E-state index in [0.29, 0.717) is 0 Å². The first-order chi connectivity index (χ1) is 1.41. The molecule has 0 aliphatic carbocycles. The summed E-state index contributed by atoms with van der Waals surface area (Å²) < 4.78 is 0. The third kappa shape index (κ3) is 9.62. The van der Waals surface area contributed by atoms with Gasteiger partial charge < -0.3 is 0 Å². The van der Waals surface area contributed by atoms with Gasteiger partial charge in [0.25, 0.3) is 0 Å². The van der Waals surface area contributed by atoms with E-state index in [1.54, 1.807) is 6.08 Å². The van der Waals surface area contributed by atoms with Crippen molar-refractivity contribution in [1.82, 2.24) is 0 Å². The average Bonchev–Trinajstić information content (AvgIpc) is 0.918. The predicted octanol–water partition coefficient (Wildman–Crippen LogP) is 0.544. The molecule has 0 unspecified atom stereocenters. The molecule has 0 N–H and O–H groups in total. The van der Waals surface area contributed by atoms with Crippen LogP contribution in [0.15, 0.2) is 12.7 Å². The van der Waals surface area contributed by atoms with Gasteiger partial charge in [0.15, 0.2) is 0 Å². The summed E-state index contributed by atoms with van der Waals surface area (Å²) in [4.78, 5) is 0. The molecule has 0 aliphatic heterocycles. The Bertz CT molecular complexity index is 10.8.